The predicted octanol–water partition coefficient (Wildman–Crippen LogP) is 0.966. The maximum absolute atomic E-state index is 14.5. The van der Waals surface area contributed by atoms with E-state index in [2.05, 4.69) is 31.9 Å². The molecule has 0 spiro atoms. The SMILES string of the molecule is CN1CC(C(=O)N/C(=N/C2CC(C3CCC(O)CC3F)NN2)NC2CCC(F)CC2F)C(C(F)(F)F)N1. The number of amides is 1. The number of alkyl halides is 6. The molecule has 1 amide bonds. The summed E-state index contributed by atoms with van der Waals surface area (Å²) >= 11 is 0. The maximum Gasteiger partial charge on any atom is 0.405 e. The van der Waals surface area contributed by atoms with E-state index in [0.29, 0.717) is 19.3 Å². The van der Waals surface area contributed by atoms with Crippen LogP contribution in [0.2, 0.25) is 0 Å². The van der Waals surface area contributed by atoms with Crippen LogP contribution in [0.3, 0.4) is 0 Å². The number of hydrogen-bond acceptors (Lipinski definition) is 7. The molecule has 4 rings (SSSR count). The molecule has 2 heterocycles. The van der Waals surface area contributed by atoms with Gasteiger partial charge in [0.1, 0.15) is 30.7 Å². The molecule has 10 unspecified atom stereocenters. The van der Waals surface area contributed by atoms with E-state index >= 15 is 0 Å². The normalized spacial score (nSPS) is 42.1. The van der Waals surface area contributed by atoms with Gasteiger partial charge in [0.05, 0.1) is 18.1 Å². The number of aliphatic imine (C=N–C) groups is 1. The highest BCUT2D eigenvalue weighted by atomic mass is 19.4. The first-order valence-electron chi connectivity index (χ1n) is 12.7. The van der Waals surface area contributed by atoms with Gasteiger partial charge in [-0.1, -0.05) is 0 Å². The lowest BCUT2D eigenvalue weighted by Crippen LogP contribution is -2.55. The fraction of sp³-hybridized carbons (Fsp3) is 0.909. The van der Waals surface area contributed by atoms with Crippen molar-refractivity contribution in [3.8, 4) is 0 Å². The van der Waals surface area contributed by atoms with E-state index in [1.807, 2.05) is 0 Å². The Kier molecular flexibility index (Phi) is 8.88. The van der Waals surface area contributed by atoms with Gasteiger partial charge in [-0.05, 0) is 25.7 Å². The summed E-state index contributed by atoms with van der Waals surface area (Å²) in [6.07, 6.45) is -8.96. The predicted molar refractivity (Wildman–Crippen MR) is 122 cm³/mol. The Hall–Kier alpha value is -1.68. The molecule has 2 aliphatic heterocycles. The van der Waals surface area contributed by atoms with Gasteiger partial charge in [0.2, 0.25) is 5.91 Å². The fourth-order valence-electron chi connectivity index (χ4n) is 5.69. The van der Waals surface area contributed by atoms with Gasteiger partial charge in [-0.25, -0.2) is 34.0 Å². The molecule has 2 aliphatic carbocycles. The summed E-state index contributed by atoms with van der Waals surface area (Å²) in [6.45, 7) is -0.210. The van der Waals surface area contributed by atoms with Crippen molar-refractivity contribution in [2.45, 2.75) is 100 Å². The van der Waals surface area contributed by atoms with Crippen molar-refractivity contribution in [2.75, 3.05) is 13.6 Å². The van der Waals surface area contributed by atoms with Crippen LogP contribution >= 0.6 is 0 Å². The standard InChI is InChI=1S/C22H35F6N7O2/c1-35-9-13(19(34-35)22(26,27)28)20(37)31-21(29-16-5-2-10(23)6-15(16)25)30-18-8-17(32-33-18)12-4-3-11(36)7-14(12)24/h10-19,32-34,36H,2-9H2,1H3,(H2,29,30,31,37). The largest absolute Gasteiger partial charge is 0.405 e. The topological polar surface area (TPSA) is 113 Å². The molecular weight excluding hydrogens is 508 g/mol. The monoisotopic (exact) mass is 543 g/mol. The fourth-order valence-corrected chi connectivity index (χ4v) is 5.69. The Morgan fingerprint density at radius 3 is 2.46 bits per heavy atom. The zero-order valence-corrected chi connectivity index (χ0v) is 20.4. The van der Waals surface area contributed by atoms with E-state index in [-0.39, 0.29) is 50.1 Å². The van der Waals surface area contributed by atoms with Crippen molar-refractivity contribution >= 4 is 11.9 Å². The molecule has 0 bridgehead atoms. The Balaban J connectivity index is 1.47. The molecule has 6 N–H and O–H groups in total. The van der Waals surface area contributed by atoms with Crippen LogP contribution in [-0.4, -0.2) is 90.7 Å². The van der Waals surface area contributed by atoms with E-state index < -0.39 is 60.9 Å². The number of guanidine groups is 1. The van der Waals surface area contributed by atoms with Gasteiger partial charge in [0, 0.05) is 44.8 Å². The van der Waals surface area contributed by atoms with E-state index in [1.165, 1.54) is 12.1 Å². The quantitative estimate of drug-likeness (QED) is 0.178. The van der Waals surface area contributed by atoms with Crippen LogP contribution < -0.4 is 26.9 Å². The molecule has 9 nitrogen and oxygen atoms in total. The Labute approximate surface area is 211 Å². The number of aliphatic hydroxyl groups excluding tert-OH is 1. The highest BCUT2D eigenvalue weighted by Crippen LogP contribution is 2.33. The van der Waals surface area contributed by atoms with Crippen molar-refractivity contribution in [3.63, 3.8) is 0 Å². The number of aliphatic hydroxyl groups is 1. The third kappa shape index (κ3) is 7.05. The van der Waals surface area contributed by atoms with E-state index in [4.69, 9.17) is 0 Å². The molecule has 0 aromatic carbocycles. The zero-order chi connectivity index (χ0) is 26.9. The average Bonchev–Trinajstić information content (AvgIpc) is 3.42. The van der Waals surface area contributed by atoms with Crippen molar-refractivity contribution in [1.82, 2.24) is 31.9 Å². The summed E-state index contributed by atoms with van der Waals surface area (Å²) in [6, 6.07) is -3.31. The number of nitrogens with zero attached hydrogens (tertiary/aromatic N) is 2. The highest BCUT2D eigenvalue weighted by molar-refractivity contribution is 5.98. The maximum atomic E-state index is 14.5. The lowest BCUT2D eigenvalue weighted by molar-refractivity contribution is -0.168. The molecule has 10 atom stereocenters. The Bertz CT molecular complexity index is 836. The van der Waals surface area contributed by atoms with Crippen LogP contribution in [0.25, 0.3) is 0 Å². The summed E-state index contributed by atoms with van der Waals surface area (Å²) in [7, 11) is 1.39. The van der Waals surface area contributed by atoms with E-state index in [9.17, 15) is 36.2 Å². The van der Waals surface area contributed by atoms with Gasteiger partial charge < -0.3 is 10.4 Å². The molecule has 0 aromatic rings. The minimum Gasteiger partial charge on any atom is -0.393 e. The number of hydrazine groups is 2. The summed E-state index contributed by atoms with van der Waals surface area (Å²) in [5.41, 5.74) is 8.09. The third-order valence-corrected chi connectivity index (χ3v) is 7.70. The van der Waals surface area contributed by atoms with Crippen LogP contribution in [0.15, 0.2) is 4.99 Å². The second kappa shape index (κ2) is 11.6. The van der Waals surface area contributed by atoms with Gasteiger partial charge in [0.25, 0.3) is 0 Å². The number of rotatable bonds is 4. The number of carbonyl (C=O) groups is 1. The summed E-state index contributed by atoms with van der Waals surface area (Å²) in [4.78, 5) is 17.3. The minimum atomic E-state index is -4.68. The lowest BCUT2D eigenvalue weighted by Gasteiger charge is -2.32. The van der Waals surface area contributed by atoms with E-state index in [0.717, 1.165) is 0 Å². The molecular formula is C22H35F6N7O2. The molecule has 0 aromatic heterocycles. The summed E-state index contributed by atoms with van der Waals surface area (Å²) < 4.78 is 83.1. The Morgan fingerprint density at radius 2 is 1.78 bits per heavy atom. The first kappa shape index (κ1) is 28.3. The lowest BCUT2D eigenvalue weighted by atomic mass is 9.80. The van der Waals surface area contributed by atoms with Gasteiger partial charge in [-0.15, -0.1) is 0 Å². The van der Waals surface area contributed by atoms with E-state index in [1.54, 1.807) is 0 Å². The molecule has 0 radical (unpaired) electrons. The van der Waals surface area contributed by atoms with Gasteiger partial charge >= 0.3 is 6.18 Å². The van der Waals surface area contributed by atoms with Crippen LogP contribution in [0.4, 0.5) is 26.3 Å². The third-order valence-electron chi connectivity index (χ3n) is 7.70. The summed E-state index contributed by atoms with van der Waals surface area (Å²) in [5.74, 6) is -3.03. The number of hydrogen-bond donors (Lipinski definition) is 6. The molecule has 4 aliphatic rings. The van der Waals surface area contributed by atoms with Crippen LogP contribution in [-0.2, 0) is 4.79 Å². The zero-order valence-electron chi connectivity index (χ0n) is 20.4. The van der Waals surface area contributed by atoms with Crippen molar-refractivity contribution in [2.24, 2.45) is 16.8 Å². The van der Waals surface area contributed by atoms with Gasteiger partial charge in [-0.3, -0.25) is 15.5 Å². The Morgan fingerprint density at radius 1 is 1.03 bits per heavy atom. The van der Waals surface area contributed by atoms with Crippen LogP contribution in [0.1, 0.15) is 44.9 Å². The molecule has 4 fully saturated rings. The van der Waals surface area contributed by atoms with Gasteiger partial charge in [-0.2, -0.15) is 13.2 Å². The smallest absolute Gasteiger partial charge is 0.393 e. The molecule has 2 saturated heterocycles. The van der Waals surface area contributed by atoms with Gasteiger partial charge in [0.15, 0.2) is 5.96 Å². The first-order chi connectivity index (χ1) is 17.4. The van der Waals surface area contributed by atoms with Crippen molar-refractivity contribution < 1.29 is 36.2 Å². The summed E-state index contributed by atoms with van der Waals surface area (Å²) in [5, 5.41) is 16.0. The second-order valence-electron chi connectivity index (χ2n) is 10.6. The average molecular weight is 544 g/mol. The highest BCUT2D eigenvalue weighted by Gasteiger charge is 2.52. The number of halogens is 6. The minimum absolute atomic E-state index is 0.0407. The van der Waals surface area contributed by atoms with Crippen molar-refractivity contribution in [1.29, 1.82) is 0 Å². The molecule has 2 saturated carbocycles. The molecule has 212 valence electrons. The van der Waals surface area contributed by atoms with Crippen molar-refractivity contribution in [3.05, 3.63) is 0 Å². The number of carbonyl (C=O) groups excluding carboxylic acids is 1. The number of nitrogens with one attached hydrogen (secondary N) is 5. The molecule has 15 heteroatoms. The first-order valence-corrected chi connectivity index (χ1v) is 12.7. The second-order valence-corrected chi connectivity index (χ2v) is 10.6. The van der Waals surface area contributed by atoms with Crippen LogP contribution in [0.5, 0.6) is 0 Å². The van der Waals surface area contributed by atoms with Crippen LogP contribution in [0, 0.1) is 11.8 Å². The molecule has 37 heavy (non-hydrogen) atoms.